The molecule has 46 heavy (non-hydrogen) atoms. The fourth-order valence-electron chi connectivity index (χ4n) is 4.64. The molecule has 0 N–H and O–H groups in total. The van der Waals surface area contributed by atoms with E-state index in [1.54, 1.807) is 0 Å². The lowest BCUT2D eigenvalue weighted by Crippen LogP contribution is -2.25. The molecule has 0 bridgehead atoms. The van der Waals surface area contributed by atoms with Crippen LogP contribution in [-0.4, -0.2) is 102 Å². The van der Waals surface area contributed by atoms with Crippen LogP contribution in [0.3, 0.4) is 0 Å². The van der Waals surface area contributed by atoms with Crippen molar-refractivity contribution in [1.29, 1.82) is 0 Å². The van der Waals surface area contributed by atoms with E-state index >= 15 is 0 Å². The van der Waals surface area contributed by atoms with Gasteiger partial charge in [-0.05, 0) is 39.3 Å². The fourth-order valence-corrected chi connectivity index (χ4v) is 4.64. The molecule has 0 aliphatic heterocycles. The Morgan fingerprint density at radius 1 is 0.587 bits per heavy atom. The van der Waals surface area contributed by atoms with Crippen molar-refractivity contribution in [2.24, 2.45) is 5.92 Å². The van der Waals surface area contributed by atoms with Crippen LogP contribution in [0.4, 0.5) is 4.79 Å². The Morgan fingerprint density at radius 3 is 1.65 bits per heavy atom. The number of hydrogen-bond donors (Lipinski definition) is 0. The summed E-state index contributed by atoms with van der Waals surface area (Å²) in [7, 11) is 0. The first-order valence-corrected chi connectivity index (χ1v) is 18.4. The minimum absolute atomic E-state index is 0.00842. The summed E-state index contributed by atoms with van der Waals surface area (Å²) >= 11 is 0. The number of carbonyl (C=O) groups excluding carboxylic acids is 2. The van der Waals surface area contributed by atoms with Crippen LogP contribution in [0.2, 0.25) is 0 Å². The van der Waals surface area contributed by atoms with Gasteiger partial charge in [0.25, 0.3) is 0 Å². The van der Waals surface area contributed by atoms with E-state index in [4.69, 9.17) is 33.2 Å². The Bertz CT molecular complexity index is 639. The first kappa shape index (κ1) is 44.5. The maximum Gasteiger partial charge on any atom is 0.508 e. The predicted molar refractivity (Wildman–Crippen MR) is 183 cm³/mol. The molecule has 0 aromatic carbocycles. The molecule has 0 saturated carbocycles. The standard InChI is InChI=1S/C36H70NO9/c1-6-10-12-14-16-18-24-40-27-29-42-35(43-30-28-41-25-19-17-15-13-11-7-2)22-21-34(38)45-31-33(5)32-46-36(39)44-26-20-23-37(8-3)9-4/h33,35H,5-32H2,1-4H3. The summed E-state index contributed by atoms with van der Waals surface area (Å²) in [5.74, 6) is -0.786. The Kier molecular flexibility index (Phi) is 33.8. The van der Waals surface area contributed by atoms with Crippen molar-refractivity contribution in [1.82, 2.24) is 4.90 Å². The van der Waals surface area contributed by atoms with Gasteiger partial charge < -0.3 is 38.1 Å². The Labute approximate surface area is 281 Å². The van der Waals surface area contributed by atoms with Gasteiger partial charge >= 0.3 is 12.1 Å². The highest BCUT2D eigenvalue weighted by Gasteiger charge is 2.16. The molecule has 10 heteroatoms. The summed E-state index contributed by atoms with van der Waals surface area (Å²) in [6, 6.07) is 0. The van der Waals surface area contributed by atoms with Crippen LogP contribution in [0, 0.1) is 12.8 Å². The van der Waals surface area contributed by atoms with Gasteiger partial charge in [0, 0.05) is 32.1 Å². The smallest absolute Gasteiger partial charge is 0.465 e. The maximum absolute atomic E-state index is 12.4. The number of rotatable bonds is 35. The molecule has 1 unspecified atom stereocenters. The normalized spacial score (nSPS) is 12.2. The van der Waals surface area contributed by atoms with Crippen LogP contribution < -0.4 is 0 Å². The third kappa shape index (κ3) is 31.2. The van der Waals surface area contributed by atoms with Gasteiger partial charge in [-0.1, -0.05) is 91.9 Å². The average Bonchev–Trinajstić information content (AvgIpc) is 3.06. The molecule has 0 rings (SSSR count). The maximum atomic E-state index is 12.4. The van der Waals surface area contributed by atoms with E-state index in [1.165, 1.54) is 64.2 Å². The largest absolute Gasteiger partial charge is 0.508 e. The summed E-state index contributed by atoms with van der Waals surface area (Å²) in [6.45, 7) is 18.9. The SMILES string of the molecule is [CH2]C(COC(=O)CCC(OCCOCCCCCCCC)OCCOCCCCCCCC)COC(=O)OCCCN(CC)CC. The molecule has 0 heterocycles. The molecule has 0 aliphatic carbocycles. The zero-order valence-corrected chi connectivity index (χ0v) is 30.1. The van der Waals surface area contributed by atoms with E-state index in [0.29, 0.717) is 39.5 Å². The van der Waals surface area contributed by atoms with Gasteiger partial charge in [0.2, 0.25) is 0 Å². The summed E-state index contributed by atoms with van der Waals surface area (Å²) in [5.41, 5.74) is 0. The Hall–Kier alpha value is -1.46. The third-order valence-corrected chi connectivity index (χ3v) is 7.58. The van der Waals surface area contributed by atoms with Gasteiger partial charge in [0.1, 0.15) is 6.61 Å². The molecule has 0 aromatic heterocycles. The van der Waals surface area contributed by atoms with Crippen LogP contribution in [0.1, 0.15) is 124 Å². The van der Waals surface area contributed by atoms with Gasteiger partial charge in [0.05, 0.1) is 46.1 Å². The monoisotopic (exact) mass is 661 g/mol. The molecule has 273 valence electrons. The van der Waals surface area contributed by atoms with Crippen LogP contribution >= 0.6 is 0 Å². The molecule has 0 saturated heterocycles. The van der Waals surface area contributed by atoms with Crippen LogP contribution in [0.5, 0.6) is 0 Å². The van der Waals surface area contributed by atoms with E-state index in [2.05, 4.69) is 39.5 Å². The average molecular weight is 661 g/mol. The molecule has 1 radical (unpaired) electrons. The quantitative estimate of drug-likeness (QED) is 0.0381. The molecule has 0 aliphatic rings. The van der Waals surface area contributed by atoms with Gasteiger partial charge in [-0.3, -0.25) is 4.79 Å². The molecule has 1 atom stereocenters. The number of ether oxygens (including phenoxy) is 7. The highest BCUT2D eigenvalue weighted by molar-refractivity contribution is 5.69. The van der Waals surface area contributed by atoms with E-state index in [1.807, 2.05) is 0 Å². The molecular formula is C36H70NO9. The van der Waals surface area contributed by atoms with Gasteiger partial charge in [-0.15, -0.1) is 0 Å². The second-order valence-corrected chi connectivity index (χ2v) is 11.8. The summed E-state index contributed by atoms with van der Waals surface area (Å²) < 4.78 is 38.8. The summed E-state index contributed by atoms with van der Waals surface area (Å²) in [5, 5.41) is 0. The third-order valence-electron chi connectivity index (χ3n) is 7.58. The van der Waals surface area contributed by atoms with Crippen molar-refractivity contribution in [2.45, 2.75) is 130 Å². The molecular weight excluding hydrogens is 590 g/mol. The number of esters is 1. The van der Waals surface area contributed by atoms with Crippen molar-refractivity contribution >= 4 is 12.1 Å². The zero-order valence-electron chi connectivity index (χ0n) is 30.1. The number of unbranched alkanes of at least 4 members (excludes halogenated alkanes) is 10. The van der Waals surface area contributed by atoms with Gasteiger partial charge in [-0.2, -0.15) is 0 Å². The second kappa shape index (κ2) is 34.9. The van der Waals surface area contributed by atoms with Crippen molar-refractivity contribution in [3.05, 3.63) is 6.92 Å². The Morgan fingerprint density at radius 2 is 1.11 bits per heavy atom. The second-order valence-electron chi connectivity index (χ2n) is 11.8. The summed E-state index contributed by atoms with van der Waals surface area (Å²) in [4.78, 5) is 26.5. The highest BCUT2D eigenvalue weighted by Crippen LogP contribution is 2.09. The van der Waals surface area contributed by atoms with Crippen molar-refractivity contribution < 1.29 is 42.7 Å². The number of hydrogen-bond acceptors (Lipinski definition) is 10. The minimum Gasteiger partial charge on any atom is -0.465 e. The molecule has 10 nitrogen and oxygen atoms in total. The fraction of sp³-hybridized carbons (Fsp3) is 0.917. The van der Waals surface area contributed by atoms with Crippen LogP contribution in [0.15, 0.2) is 0 Å². The lowest BCUT2D eigenvalue weighted by atomic mass is 10.1. The van der Waals surface area contributed by atoms with Crippen molar-refractivity contribution in [3.8, 4) is 0 Å². The molecule has 0 aromatic rings. The van der Waals surface area contributed by atoms with Gasteiger partial charge in [-0.25, -0.2) is 4.79 Å². The van der Waals surface area contributed by atoms with Crippen molar-refractivity contribution in [3.63, 3.8) is 0 Å². The number of nitrogens with zero attached hydrogens (tertiary/aromatic N) is 1. The lowest BCUT2D eigenvalue weighted by Gasteiger charge is -2.19. The van der Waals surface area contributed by atoms with Crippen LogP contribution in [0.25, 0.3) is 0 Å². The topological polar surface area (TPSA) is 102 Å². The molecule has 0 amide bonds. The summed E-state index contributed by atoms with van der Waals surface area (Å²) in [6.07, 6.45) is 14.6. The van der Waals surface area contributed by atoms with Crippen molar-refractivity contribution in [2.75, 3.05) is 79.1 Å². The molecule has 0 spiro atoms. The number of carbonyl (C=O) groups is 2. The first-order chi connectivity index (χ1) is 22.5. The van der Waals surface area contributed by atoms with Gasteiger partial charge in [0.15, 0.2) is 6.29 Å². The van der Waals surface area contributed by atoms with E-state index in [0.717, 1.165) is 52.1 Å². The molecule has 0 fully saturated rings. The Balaban J connectivity index is 4.25. The van der Waals surface area contributed by atoms with E-state index in [9.17, 15) is 9.59 Å². The van der Waals surface area contributed by atoms with E-state index < -0.39 is 18.4 Å². The first-order valence-electron chi connectivity index (χ1n) is 18.4. The van der Waals surface area contributed by atoms with Crippen LogP contribution in [-0.2, 0) is 38.0 Å². The lowest BCUT2D eigenvalue weighted by molar-refractivity contribution is -0.168. The predicted octanol–water partition coefficient (Wildman–Crippen LogP) is 7.76. The highest BCUT2D eigenvalue weighted by atomic mass is 16.7. The minimum atomic E-state index is -0.733. The van der Waals surface area contributed by atoms with E-state index in [-0.39, 0.29) is 25.6 Å². The zero-order chi connectivity index (χ0) is 33.9.